The van der Waals surface area contributed by atoms with E-state index >= 15 is 0 Å². The Balaban J connectivity index is 0.00000210. The van der Waals surface area contributed by atoms with Gasteiger partial charge in [-0.05, 0) is 17.7 Å². The molecule has 142 valence electrons. The predicted molar refractivity (Wildman–Crippen MR) is 105 cm³/mol. The largest absolute Gasteiger partial charge is 0.352 e. The highest BCUT2D eigenvalue weighted by Crippen LogP contribution is 2.27. The summed E-state index contributed by atoms with van der Waals surface area (Å²) in [4.78, 5) is 12.7. The van der Waals surface area contributed by atoms with Crippen molar-refractivity contribution in [2.24, 2.45) is 13.0 Å². The Hall–Kier alpha value is -2.64. The number of amides is 1. The van der Waals surface area contributed by atoms with Crippen molar-refractivity contribution in [2.75, 3.05) is 13.1 Å². The third-order valence-electron chi connectivity index (χ3n) is 4.83. The minimum Gasteiger partial charge on any atom is -0.352 e. The van der Waals surface area contributed by atoms with Crippen LogP contribution in [0.3, 0.4) is 0 Å². The van der Waals surface area contributed by atoms with Crippen molar-refractivity contribution in [1.29, 1.82) is 0 Å². The van der Waals surface area contributed by atoms with Crippen LogP contribution in [0.15, 0.2) is 55.1 Å². The summed E-state index contributed by atoms with van der Waals surface area (Å²) in [5.74, 6) is 0.149. The number of benzene rings is 1. The van der Waals surface area contributed by atoms with E-state index in [-0.39, 0.29) is 30.2 Å². The number of carbonyl (C=O) groups is 1. The second-order valence-electron chi connectivity index (χ2n) is 6.67. The first-order valence-corrected chi connectivity index (χ1v) is 8.76. The highest BCUT2D eigenvalue weighted by Gasteiger charge is 2.34. The Kier molecular flexibility index (Phi) is 5.93. The van der Waals surface area contributed by atoms with E-state index in [9.17, 15) is 4.79 Å². The molecule has 1 aliphatic heterocycles. The van der Waals surface area contributed by atoms with Gasteiger partial charge in [-0.25, -0.2) is 4.68 Å². The summed E-state index contributed by atoms with van der Waals surface area (Å²) in [6.07, 6.45) is 7.57. The van der Waals surface area contributed by atoms with Crippen LogP contribution >= 0.6 is 12.4 Å². The highest BCUT2D eigenvalue weighted by molar-refractivity contribution is 5.85. The van der Waals surface area contributed by atoms with Crippen molar-refractivity contribution < 1.29 is 4.79 Å². The Morgan fingerprint density at radius 1 is 1.19 bits per heavy atom. The molecule has 0 aliphatic carbocycles. The van der Waals surface area contributed by atoms with Crippen molar-refractivity contribution in [3.63, 3.8) is 0 Å². The fourth-order valence-corrected chi connectivity index (χ4v) is 3.43. The molecule has 27 heavy (non-hydrogen) atoms. The molecule has 7 nitrogen and oxygen atoms in total. The van der Waals surface area contributed by atoms with Crippen LogP contribution in [-0.4, -0.2) is 38.6 Å². The summed E-state index contributed by atoms with van der Waals surface area (Å²) in [5.41, 5.74) is 3.09. The van der Waals surface area contributed by atoms with Crippen molar-refractivity contribution in [3.8, 4) is 5.69 Å². The van der Waals surface area contributed by atoms with E-state index in [1.165, 1.54) is 0 Å². The van der Waals surface area contributed by atoms with Gasteiger partial charge in [-0.2, -0.15) is 10.2 Å². The average molecular weight is 387 g/mol. The van der Waals surface area contributed by atoms with Gasteiger partial charge in [0.1, 0.15) is 0 Å². The van der Waals surface area contributed by atoms with E-state index in [4.69, 9.17) is 0 Å². The molecule has 2 aromatic heterocycles. The zero-order chi connectivity index (χ0) is 17.9. The molecule has 1 fully saturated rings. The van der Waals surface area contributed by atoms with E-state index in [2.05, 4.69) is 20.8 Å². The van der Waals surface area contributed by atoms with Crippen LogP contribution < -0.4 is 10.6 Å². The molecule has 1 aromatic carbocycles. The van der Waals surface area contributed by atoms with Crippen LogP contribution in [0.1, 0.15) is 17.0 Å². The van der Waals surface area contributed by atoms with Gasteiger partial charge in [0, 0.05) is 50.6 Å². The molecular formula is C19H23ClN6O. The van der Waals surface area contributed by atoms with Crippen molar-refractivity contribution in [3.05, 3.63) is 66.2 Å². The fourth-order valence-electron chi connectivity index (χ4n) is 3.43. The molecule has 1 aliphatic rings. The molecule has 0 saturated carbocycles. The number of aromatic nitrogens is 4. The minimum absolute atomic E-state index is 0. The van der Waals surface area contributed by atoms with Gasteiger partial charge in [-0.1, -0.05) is 18.2 Å². The molecule has 0 unspecified atom stereocenters. The number of aryl methyl sites for hydroxylation is 1. The number of halogens is 1. The van der Waals surface area contributed by atoms with Crippen LogP contribution in [0.4, 0.5) is 0 Å². The number of nitrogens with zero attached hydrogens (tertiary/aromatic N) is 4. The smallest absolute Gasteiger partial charge is 0.225 e. The summed E-state index contributed by atoms with van der Waals surface area (Å²) in [6.45, 7) is 1.96. The number of rotatable bonds is 5. The normalized spacial score (nSPS) is 18.9. The SMILES string of the molecule is Cl.Cn1cc([C@H]2CNC[C@@H]2C(=O)NCc2cnn(-c3ccccc3)c2)cn1. The molecule has 3 heterocycles. The van der Waals surface area contributed by atoms with E-state index in [0.717, 1.165) is 23.4 Å². The molecule has 8 heteroatoms. The van der Waals surface area contributed by atoms with Gasteiger partial charge < -0.3 is 10.6 Å². The molecule has 1 saturated heterocycles. The van der Waals surface area contributed by atoms with Crippen LogP contribution in [0.5, 0.6) is 0 Å². The van der Waals surface area contributed by atoms with Crippen LogP contribution in [0.2, 0.25) is 0 Å². The third-order valence-corrected chi connectivity index (χ3v) is 4.83. The first kappa shape index (κ1) is 19.1. The lowest BCUT2D eigenvalue weighted by Gasteiger charge is -2.16. The van der Waals surface area contributed by atoms with E-state index < -0.39 is 0 Å². The van der Waals surface area contributed by atoms with E-state index in [1.807, 2.05) is 60.7 Å². The van der Waals surface area contributed by atoms with Gasteiger partial charge >= 0.3 is 0 Å². The monoisotopic (exact) mass is 386 g/mol. The molecule has 0 radical (unpaired) electrons. The zero-order valence-electron chi connectivity index (χ0n) is 15.1. The Labute approximate surface area is 164 Å². The first-order valence-electron chi connectivity index (χ1n) is 8.76. The maximum Gasteiger partial charge on any atom is 0.225 e. The summed E-state index contributed by atoms with van der Waals surface area (Å²) in [7, 11) is 1.89. The maximum absolute atomic E-state index is 12.7. The molecule has 4 rings (SSSR count). The minimum atomic E-state index is -0.0802. The number of carbonyl (C=O) groups excluding carboxylic acids is 1. The molecule has 1 amide bonds. The Bertz CT molecular complexity index is 891. The quantitative estimate of drug-likeness (QED) is 0.699. The first-order chi connectivity index (χ1) is 12.7. The second kappa shape index (κ2) is 8.37. The molecule has 0 spiro atoms. The lowest BCUT2D eigenvalue weighted by atomic mass is 9.90. The van der Waals surface area contributed by atoms with Crippen LogP contribution in [0, 0.1) is 5.92 Å². The summed E-state index contributed by atoms with van der Waals surface area (Å²) < 4.78 is 3.59. The standard InChI is InChI=1S/C19H22N6O.ClH/c1-24-13-15(9-22-24)17-10-20-11-18(17)19(26)21-7-14-8-23-25(12-14)16-5-3-2-4-6-16;/h2-6,8-9,12-13,17-18,20H,7,10-11H2,1H3,(H,21,26);1H/t17-,18+;/m1./s1. The van der Waals surface area contributed by atoms with Crippen molar-refractivity contribution in [2.45, 2.75) is 12.5 Å². The van der Waals surface area contributed by atoms with Gasteiger partial charge in [0.15, 0.2) is 0 Å². The Morgan fingerprint density at radius 3 is 2.74 bits per heavy atom. The zero-order valence-corrected chi connectivity index (χ0v) is 15.9. The predicted octanol–water partition coefficient (Wildman–Crippen LogP) is 1.65. The summed E-state index contributed by atoms with van der Waals surface area (Å²) in [5, 5.41) is 15.0. The maximum atomic E-state index is 12.7. The van der Waals surface area contributed by atoms with Crippen LogP contribution in [-0.2, 0) is 18.4 Å². The molecule has 2 N–H and O–H groups in total. The molecule has 0 bridgehead atoms. The number of nitrogens with one attached hydrogen (secondary N) is 2. The van der Waals surface area contributed by atoms with E-state index in [1.54, 1.807) is 10.9 Å². The van der Waals surface area contributed by atoms with Crippen molar-refractivity contribution >= 4 is 18.3 Å². The number of hydrogen-bond acceptors (Lipinski definition) is 4. The Morgan fingerprint density at radius 2 is 2.00 bits per heavy atom. The molecule has 3 aromatic rings. The van der Waals surface area contributed by atoms with Crippen LogP contribution in [0.25, 0.3) is 5.69 Å². The lowest BCUT2D eigenvalue weighted by molar-refractivity contribution is -0.125. The van der Waals surface area contributed by atoms with Gasteiger partial charge in [0.05, 0.1) is 24.0 Å². The highest BCUT2D eigenvalue weighted by atomic mass is 35.5. The van der Waals surface area contributed by atoms with Gasteiger partial charge in [-0.15, -0.1) is 12.4 Å². The van der Waals surface area contributed by atoms with Crippen molar-refractivity contribution in [1.82, 2.24) is 30.2 Å². The number of hydrogen-bond donors (Lipinski definition) is 2. The third kappa shape index (κ3) is 4.20. The van der Waals surface area contributed by atoms with Gasteiger partial charge in [0.25, 0.3) is 0 Å². The summed E-state index contributed by atoms with van der Waals surface area (Å²) in [6, 6.07) is 9.92. The lowest BCUT2D eigenvalue weighted by Crippen LogP contribution is -2.33. The van der Waals surface area contributed by atoms with Gasteiger partial charge in [-0.3, -0.25) is 9.48 Å². The topological polar surface area (TPSA) is 76.8 Å². The summed E-state index contributed by atoms with van der Waals surface area (Å²) >= 11 is 0. The fraction of sp³-hybridized carbons (Fsp3) is 0.316. The average Bonchev–Trinajstić information content (AvgIpc) is 3.40. The number of para-hydroxylation sites is 1. The molecular weight excluding hydrogens is 364 g/mol. The van der Waals surface area contributed by atoms with Gasteiger partial charge in [0.2, 0.25) is 5.91 Å². The second-order valence-corrected chi connectivity index (χ2v) is 6.67. The van der Waals surface area contributed by atoms with E-state index in [0.29, 0.717) is 13.1 Å². The molecule has 2 atom stereocenters.